The van der Waals surface area contributed by atoms with Crippen LogP contribution in [0.3, 0.4) is 0 Å². The zero-order valence-corrected chi connectivity index (χ0v) is 12.6. The Bertz CT molecular complexity index is 770. The third-order valence-corrected chi connectivity index (χ3v) is 4.20. The number of nitrogens with one attached hydrogen (secondary N) is 1. The van der Waals surface area contributed by atoms with Crippen molar-refractivity contribution in [2.45, 2.75) is 4.90 Å². The average Bonchev–Trinajstić information content (AvgIpc) is 2.77. The number of carbonyl (C=O) groups excluding carboxylic acids is 1. The molecule has 1 aromatic heterocycles. The van der Waals surface area contributed by atoms with Crippen LogP contribution in [0.25, 0.3) is 0 Å². The Hall–Kier alpha value is -1.67. The van der Waals surface area contributed by atoms with Crippen LogP contribution in [-0.4, -0.2) is 20.6 Å². The largest absolute Gasteiger partial charge is 0.457 e. The van der Waals surface area contributed by atoms with Gasteiger partial charge < -0.3 is 9.73 Å². The van der Waals surface area contributed by atoms with E-state index >= 15 is 0 Å². The molecular formula is C12H9BrFNO4S. The normalized spacial score (nSPS) is 11.3. The summed E-state index contributed by atoms with van der Waals surface area (Å²) in [4.78, 5) is 11.8. The number of carbonyl (C=O) groups is 1. The lowest BCUT2D eigenvalue weighted by atomic mass is 10.2. The first-order valence-corrected chi connectivity index (χ1v) is 8.01. The maximum atomic E-state index is 13.6. The molecule has 2 rings (SSSR count). The molecule has 20 heavy (non-hydrogen) atoms. The van der Waals surface area contributed by atoms with Gasteiger partial charge in [-0.15, -0.1) is 0 Å². The SMILES string of the molecule is CS(=O)(=O)c1ccc(F)c(NC(=O)c2ccoc2Br)c1. The first kappa shape index (κ1) is 14.7. The standard InChI is InChI=1S/C12H9BrFNO4S/c1-20(17,18)7-2-3-9(14)10(6-7)15-12(16)8-4-5-19-11(8)13/h2-6H,1H3,(H,15,16). The molecule has 1 heterocycles. The van der Waals surface area contributed by atoms with Crippen molar-refractivity contribution in [3.8, 4) is 0 Å². The van der Waals surface area contributed by atoms with Gasteiger partial charge in [0.2, 0.25) is 0 Å². The van der Waals surface area contributed by atoms with Crippen LogP contribution in [0.4, 0.5) is 10.1 Å². The molecule has 5 nitrogen and oxygen atoms in total. The van der Waals surface area contributed by atoms with Crippen molar-refractivity contribution >= 4 is 37.4 Å². The molecule has 106 valence electrons. The molecule has 0 fully saturated rings. The smallest absolute Gasteiger partial charge is 0.260 e. The van der Waals surface area contributed by atoms with E-state index in [-0.39, 0.29) is 20.8 Å². The van der Waals surface area contributed by atoms with Gasteiger partial charge in [-0.3, -0.25) is 4.79 Å². The highest BCUT2D eigenvalue weighted by atomic mass is 79.9. The molecule has 0 radical (unpaired) electrons. The van der Waals surface area contributed by atoms with E-state index in [1.807, 2.05) is 0 Å². The van der Waals surface area contributed by atoms with Crippen molar-refractivity contribution in [1.82, 2.24) is 0 Å². The fourth-order valence-electron chi connectivity index (χ4n) is 1.48. The first-order chi connectivity index (χ1) is 9.29. The number of rotatable bonds is 3. The summed E-state index contributed by atoms with van der Waals surface area (Å²) in [7, 11) is -3.49. The first-order valence-electron chi connectivity index (χ1n) is 5.33. The molecule has 2 aromatic rings. The third-order valence-electron chi connectivity index (χ3n) is 2.48. The summed E-state index contributed by atoms with van der Waals surface area (Å²) < 4.78 is 41.5. The van der Waals surface area contributed by atoms with Gasteiger partial charge in [-0.25, -0.2) is 12.8 Å². The van der Waals surface area contributed by atoms with E-state index in [9.17, 15) is 17.6 Å². The van der Waals surface area contributed by atoms with Gasteiger partial charge in [0.1, 0.15) is 5.82 Å². The lowest BCUT2D eigenvalue weighted by Crippen LogP contribution is -2.13. The van der Waals surface area contributed by atoms with Gasteiger partial charge in [-0.1, -0.05) is 0 Å². The second kappa shape index (κ2) is 5.37. The number of amides is 1. The van der Waals surface area contributed by atoms with Crippen molar-refractivity contribution in [1.29, 1.82) is 0 Å². The number of halogens is 2. The summed E-state index contributed by atoms with van der Waals surface area (Å²) in [6, 6.07) is 4.58. The van der Waals surface area contributed by atoms with Crippen LogP contribution >= 0.6 is 15.9 Å². The van der Waals surface area contributed by atoms with E-state index in [1.54, 1.807) is 0 Å². The number of furan rings is 1. The molecule has 0 bridgehead atoms. The highest BCUT2D eigenvalue weighted by molar-refractivity contribution is 9.10. The van der Waals surface area contributed by atoms with Gasteiger partial charge >= 0.3 is 0 Å². The minimum atomic E-state index is -3.49. The Balaban J connectivity index is 2.34. The van der Waals surface area contributed by atoms with Crippen LogP contribution in [0.15, 0.2) is 44.5 Å². The Morgan fingerprint density at radius 1 is 1.35 bits per heavy atom. The van der Waals surface area contributed by atoms with Crippen LogP contribution in [0.1, 0.15) is 10.4 Å². The zero-order chi connectivity index (χ0) is 14.9. The highest BCUT2D eigenvalue weighted by Crippen LogP contribution is 2.23. The zero-order valence-electron chi connectivity index (χ0n) is 10.2. The predicted octanol–water partition coefficient (Wildman–Crippen LogP) is 2.84. The summed E-state index contributed by atoms with van der Waals surface area (Å²) in [5.41, 5.74) is -0.0415. The Morgan fingerprint density at radius 3 is 2.60 bits per heavy atom. The molecule has 0 aliphatic rings. The Morgan fingerprint density at radius 2 is 2.05 bits per heavy atom. The lowest BCUT2D eigenvalue weighted by molar-refractivity contribution is 0.102. The molecule has 0 saturated heterocycles. The van der Waals surface area contributed by atoms with E-state index in [1.165, 1.54) is 12.3 Å². The second-order valence-corrected chi connectivity index (χ2v) is 6.71. The molecule has 1 aromatic carbocycles. The molecule has 0 spiro atoms. The topological polar surface area (TPSA) is 76.4 Å². The third kappa shape index (κ3) is 3.07. The minimum Gasteiger partial charge on any atom is -0.457 e. The summed E-state index contributed by atoms with van der Waals surface area (Å²) in [5.74, 6) is -1.35. The monoisotopic (exact) mass is 361 g/mol. The van der Waals surface area contributed by atoms with E-state index in [0.717, 1.165) is 24.5 Å². The number of hydrogen-bond donors (Lipinski definition) is 1. The van der Waals surface area contributed by atoms with Crippen LogP contribution in [0.5, 0.6) is 0 Å². The molecule has 0 saturated carbocycles. The molecular weight excluding hydrogens is 353 g/mol. The lowest BCUT2D eigenvalue weighted by Gasteiger charge is -2.07. The van der Waals surface area contributed by atoms with E-state index in [2.05, 4.69) is 21.2 Å². The summed E-state index contributed by atoms with van der Waals surface area (Å²) in [6.45, 7) is 0. The van der Waals surface area contributed by atoms with Gasteiger partial charge in [0, 0.05) is 6.26 Å². The van der Waals surface area contributed by atoms with Crippen molar-refractivity contribution in [2.75, 3.05) is 11.6 Å². The van der Waals surface area contributed by atoms with Crippen molar-refractivity contribution < 1.29 is 22.0 Å². The molecule has 0 unspecified atom stereocenters. The minimum absolute atomic E-state index is 0.0829. The molecule has 0 atom stereocenters. The van der Waals surface area contributed by atoms with Crippen molar-refractivity contribution in [3.05, 3.63) is 46.6 Å². The Kier molecular flexibility index (Phi) is 3.96. The van der Waals surface area contributed by atoms with Gasteiger partial charge in [-0.05, 0) is 40.2 Å². The molecule has 8 heteroatoms. The van der Waals surface area contributed by atoms with Gasteiger partial charge in [-0.2, -0.15) is 0 Å². The van der Waals surface area contributed by atoms with E-state index < -0.39 is 21.6 Å². The van der Waals surface area contributed by atoms with Crippen LogP contribution in [-0.2, 0) is 9.84 Å². The average molecular weight is 362 g/mol. The fraction of sp³-hybridized carbons (Fsp3) is 0.0833. The van der Waals surface area contributed by atoms with E-state index in [0.29, 0.717) is 0 Å². The molecule has 1 N–H and O–H groups in total. The molecule has 0 aliphatic carbocycles. The van der Waals surface area contributed by atoms with E-state index in [4.69, 9.17) is 4.42 Å². The van der Waals surface area contributed by atoms with Crippen molar-refractivity contribution in [2.24, 2.45) is 0 Å². The fourth-order valence-corrected chi connectivity index (χ4v) is 2.54. The second-order valence-electron chi connectivity index (χ2n) is 3.98. The summed E-state index contributed by atoms with van der Waals surface area (Å²) in [6.07, 6.45) is 2.29. The van der Waals surface area contributed by atoms with Crippen LogP contribution < -0.4 is 5.32 Å². The highest BCUT2D eigenvalue weighted by Gasteiger charge is 2.16. The van der Waals surface area contributed by atoms with Gasteiger partial charge in [0.05, 0.1) is 22.4 Å². The maximum absolute atomic E-state index is 13.6. The summed E-state index contributed by atoms with van der Waals surface area (Å²) in [5, 5.41) is 2.30. The molecule has 0 aliphatic heterocycles. The predicted molar refractivity (Wildman–Crippen MR) is 73.9 cm³/mol. The van der Waals surface area contributed by atoms with Gasteiger partial charge in [0.25, 0.3) is 5.91 Å². The van der Waals surface area contributed by atoms with Gasteiger partial charge in [0.15, 0.2) is 14.5 Å². The van der Waals surface area contributed by atoms with Crippen molar-refractivity contribution in [3.63, 3.8) is 0 Å². The van der Waals surface area contributed by atoms with Crippen LogP contribution in [0.2, 0.25) is 0 Å². The van der Waals surface area contributed by atoms with Crippen LogP contribution in [0, 0.1) is 5.82 Å². The number of benzene rings is 1. The summed E-state index contributed by atoms with van der Waals surface area (Å²) >= 11 is 3.03. The quantitative estimate of drug-likeness (QED) is 0.852. The Labute approximate surface area is 122 Å². The number of sulfone groups is 1. The maximum Gasteiger partial charge on any atom is 0.260 e. The number of anilines is 1. The number of hydrogen-bond acceptors (Lipinski definition) is 4. The molecule has 1 amide bonds.